The van der Waals surface area contributed by atoms with Crippen LogP contribution in [0.2, 0.25) is 0 Å². The lowest BCUT2D eigenvalue weighted by atomic mass is 9.84. The fourth-order valence-electron chi connectivity index (χ4n) is 4.20. The maximum atomic E-state index is 14.7. The summed E-state index contributed by atoms with van der Waals surface area (Å²) >= 11 is 4.55. The molecule has 5 nitrogen and oxygen atoms in total. The molecule has 1 amide bonds. The highest BCUT2D eigenvalue weighted by atomic mass is 79.9. The van der Waals surface area contributed by atoms with E-state index in [0.717, 1.165) is 0 Å². The van der Waals surface area contributed by atoms with Gasteiger partial charge in [0.1, 0.15) is 18.0 Å². The number of hydrogen-bond acceptors (Lipinski definition) is 5. The Balaban J connectivity index is 1.71. The molecule has 1 aliphatic carbocycles. The van der Waals surface area contributed by atoms with Crippen LogP contribution in [0.3, 0.4) is 0 Å². The summed E-state index contributed by atoms with van der Waals surface area (Å²) in [6.45, 7) is 5.06. The largest absolute Gasteiger partial charge is 0.378 e. The molecule has 3 aliphatic rings. The van der Waals surface area contributed by atoms with Crippen LogP contribution in [0.15, 0.2) is 39.8 Å². The second-order valence-corrected chi connectivity index (χ2v) is 9.53. The lowest BCUT2D eigenvalue weighted by molar-refractivity contribution is -0.131. The number of alkyl halides is 1. The quantitative estimate of drug-likeness (QED) is 0.685. The average Bonchev–Trinajstić information content (AvgIpc) is 3.44. The molecular weight excluding hydrogens is 452 g/mol. The van der Waals surface area contributed by atoms with E-state index in [1.807, 2.05) is 0 Å². The number of amides is 1. The van der Waals surface area contributed by atoms with E-state index in [0.29, 0.717) is 42.8 Å². The van der Waals surface area contributed by atoms with Gasteiger partial charge in [-0.15, -0.1) is 0 Å². The first-order valence-electron chi connectivity index (χ1n) is 8.96. The summed E-state index contributed by atoms with van der Waals surface area (Å²) in [5, 5.41) is 0.140. The van der Waals surface area contributed by atoms with Crippen molar-refractivity contribution in [1.29, 1.82) is 0 Å². The number of benzene rings is 1. The number of carbonyl (C=O) groups is 1. The van der Waals surface area contributed by atoms with E-state index in [1.54, 1.807) is 11.0 Å². The minimum atomic E-state index is -1.46. The van der Waals surface area contributed by atoms with Crippen LogP contribution in [-0.4, -0.2) is 53.7 Å². The molecule has 1 saturated heterocycles. The van der Waals surface area contributed by atoms with Gasteiger partial charge in [0.05, 0.1) is 18.0 Å². The van der Waals surface area contributed by atoms with Crippen molar-refractivity contribution in [3.63, 3.8) is 0 Å². The van der Waals surface area contributed by atoms with Crippen LogP contribution in [0.4, 0.5) is 8.78 Å². The fourth-order valence-corrected chi connectivity index (χ4v) is 5.94. The number of nitrogens with two attached hydrogens (primary N) is 1. The third-order valence-electron chi connectivity index (χ3n) is 5.75. The molecule has 1 saturated carbocycles. The van der Waals surface area contributed by atoms with E-state index in [9.17, 15) is 13.6 Å². The second kappa shape index (κ2) is 7.11. The van der Waals surface area contributed by atoms with Crippen LogP contribution in [0.5, 0.6) is 0 Å². The average molecular weight is 472 g/mol. The number of hydrogen-bond donors (Lipinski definition) is 1. The highest BCUT2D eigenvalue weighted by Crippen LogP contribution is 2.69. The summed E-state index contributed by atoms with van der Waals surface area (Å²) in [5.74, 6) is -1.13. The first kappa shape index (κ1) is 19.8. The first-order valence-corrected chi connectivity index (χ1v) is 10.6. The maximum absolute atomic E-state index is 14.7. The number of morpholine rings is 1. The molecule has 1 unspecified atom stereocenters. The molecule has 0 radical (unpaired) electrons. The van der Waals surface area contributed by atoms with Crippen molar-refractivity contribution >= 4 is 38.8 Å². The Morgan fingerprint density at radius 2 is 2.18 bits per heavy atom. The summed E-state index contributed by atoms with van der Waals surface area (Å²) < 4.78 is 34.3. The van der Waals surface area contributed by atoms with Crippen molar-refractivity contribution in [3.8, 4) is 0 Å². The van der Waals surface area contributed by atoms with Gasteiger partial charge < -0.3 is 15.4 Å². The van der Waals surface area contributed by atoms with Gasteiger partial charge in [-0.1, -0.05) is 34.3 Å². The van der Waals surface area contributed by atoms with Gasteiger partial charge in [0, 0.05) is 34.6 Å². The number of aliphatic imine (C=N–C) groups is 1. The van der Waals surface area contributed by atoms with Gasteiger partial charge in [-0.25, -0.2) is 13.8 Å². The van der Waals surface area contributed by atoms with E-state index in [2.05, 4.69) is 27.5 Å². The number of carbonyl (C=O) groups excluding carboxylic acids is 1. The Labute approximate surface area is 174 Å². The van der Waals surface area contributed by atoms with Gasteiger partial charge in [-0.3, -0.25) is 4.79 Å². The molecule has 1 aromatic carbocycles. The van der Waals surface area contributed by atoms with Crippen molar-refractivity contribution in [1.82, 2.24) is 4.90 Å². The Bertz CT molecular complexity index is 877. The Hall–Kier alpha value is -1.45. The molecule has 1 aromatic rings. The second-order valence-electron chi connectivity index (χ2n) is 7.26. The zero-order chi connectivity index (χ0) is 20.1. The maximum Gasteiger partial charge on any atom is 0.250 e. The first-order chi connectivity index (χ1) is 13.3. The molecule has 3 atom stereocenters. The zero-order valence-corrected chi connectivity index (χ0v) is 17.5. The van der Waals surface area contributed by atoms with Crippen LogP contribution >= 0.6 is 27.7 Å². The Kier molecular flexibility index (Phi) is 5.04. The molecule has 2 N–H and O–H groups in total. The molecule has 9 heteroatoms. The molecular formula is C19H20BrF2N3O2S. The highest BCUT2D eigenvalue weighted by Gasteiger charge is 2.70. The smallest absolute Gasteiger partial charge is 0.250 e. The minimum absolute atomic E-state index is 0.140. The third kappa shape index (κ3) is 2.98. The standard InChI is InChI=1S/C19H20BrF2N3O2S/c1-11(16(26)25-4-6-27-7-5-25)19-9-15(19)18(10-21,24-17(23)28-19)13-8-12(20)2-3-14(13)22/h2-3,8,15H,1,4-7,9-10H2,(H2,23,24)/t15-,18+,19?/m0/s1. The molecule has 2 aliphatic heterocycles. The molecule has 0 aromatic heterocycles. The molecule has 28 heavy (non-hydrogen) atoms. The normalized spacial score (nSPS) is 31.8. The van der Waals surface area contributed by atoms with Gasteiger partial charge in [-0.05, 0) is 24.6 Å². The molecule has 0 spiro atoms. The van der Waals surface area contributed by atoms with Crippen molar-refractivity contribution < 1.29 is 18.3 Å². The Morgan fingerprint density at radius 3 is 2.86 bits per heavy atom. The zero-order valence-electron chi connectivity index (χ0n) is 15.1. The van der Waals surface area contributed by atoms with Gasteiger partial charge in [0.15, 0.2) is 5.17 Å². The number of fused-ring (bicyclic) bond motifs is 1. The molecule has 0 bridgehead atoms. The predicted octanol–water partition coefficient (Wildman–Crippen LogP) is 2.99. The Morgan fingerprint density at radius 1 is 1.46 bits per heavy atom. The summed E-state index contributed by atoms with van der Waals surface area (Å²) in [7, 11) is 0. The number of thioether (sulfide) groups is 1. The SMILES string of the molecule is C=C(C(=O)N1CCOCC1)C12C[C@H]1[C@@](CF)(c1cc(Br)ccc1F)N=C(N)S2. The molecule has 2 heterocycles. The van der Waals surface area contributed by atoms with Gasteiger partial charge >= 0.3 is 0 Å². The highest BCUT2D eigenvalue weighted by molar-refractivity contribution is 9.10. The van der Waals surface area contributed by atoms with Crippen LogP contribution in [0.25, 0.3) is 0 Å². The number of ether oxygens (including phenoxy) is 1. The molecule has 150 valence electrons. The lowest BCUT2D eigenvalue weighted by Crippen LogP contribution is -2.46. The fraction of sp³-hybridized carbons (Fsp3) is 0.474. The summed E-state index contributed by atoms with van der Waals surface area (Å²) in [4.78, 5) is 19.0. The van der Waals surface area contributed by atoms with Gasteiger partial charge in [0.2, 0.25) is 0 Å². The van der Waals surface area contributed by atoms with Gasteiger partial charge in [-0.2, -0.15) is 0 Å². The molecule has 2 fully saturated rings. The van der Waals surface area contributed by atoms with Gasteiger partial charge in [0.25, 0.3) is 5.91 Å². The van der Waals surface area contributed by atoms with Crippen LogP contribution < -0.4 is 5.73 Å². The van der Waals surface area contributed by atoms with E-state index in [4.69, 9.17) is 10.5 Å². The summed E-state index contributed by atoms with van der Waals surface area (Å²) in [6.07, 6.45) is 0.465. The third-order valence-corrected chi connectivity index (χ3v) is 7.60. The monoisotopic (exact) mass is 471 g/mol. The minimum Gasteiger partial charge on any atom is -0.378 e. The van der Waals surface area contributed by atoms with Crippen LogP contribution in [-0.2, 0) is 15.1 Å². The van der Waals surface area contributed by atoms with E-state index in [1.165, 1.54) is 23.9 Å². The van der Waals surface area contributed by atoms with Crippen LogP contribution in [0.1, 0.15) is 12.0 Å². The van der Waals surface area contributed by atoms with Crippen molar-refractivity contribution in [2.24, 2.45) is 16.6 Å². The van der Waals surface area contributed by atoms with E-state index < -0.39 is 28.7 Å². The summed E-state index contributed by atoms with van der Waals surface area (Å²) in [6, 6.07) is 4.37. The molecule has 4 rings (SSSR count). The topological polar surface area (TPSA) is 67.9 Å². The van der Waals surface area contributed by atoms with Crippen LogP contribution in [0, 0.1) is 11.7 Å². The number of nitrogens with zero attached hydrogens (tertiary/aromatic N) is 2. The van der Waals surface area contributed by atoms with E-state index in [-0.39, 0.29) is 16.6 Å². The number of halogens is 3. The van der Waals surface area contributed by atoms with Crippen molar-refractivity contribution in [2.45, 2.75) is 16.7 Å². The van der Waals surface area contributed by atoms with Crippen molar-refractivity contribution in [3.05, 3.63) is 46.2 Å². The predicted molar refractivity (Wildman–Crippen MR) is 108 cm³/mol. The number of amidine groups is 1. The lowest BCUT2D eigenvalue weighted by Gasteiger charge is -2.37. The summed E-state index contributed by atoms with van der Waals surface area (Å²) in [5.41, 5.74) is 5.11. The van der Waals surface area contributed by atoms with Crippen molar-refractivity contribution in [2.75, 3.05) is 33.0 Å². The van der Waals surface area contributed by atoms with E-state index >= 15 is 0 Å². The number of rotatable bonds is 4.